The van der Waals surface area contributed by atoms with Gasteiger partial charge in [0.05, 0.1) is 22.4 Å². The predicted octanol–water partition coefficient (Wildman–Crippen LogP) is 6.36. The van der Waals surface area contributed by atoms with Crippen LogP contribution in [-0.4, -0.2) is 15.5 Å². The zero-order chi connectivity index (χ0) is 20.2. The molecule has 0 saturated heterocycles. The third kappa shape index (κ3) is 2.32. The van der Waals surface area contributed by atoms with Crippen LogP contribution in [0.15, 0.2) is 84.9 Å². The fourth-order valence-corrected chi connectivity index (χ4v) is 4.79. The molecule has 3 nitrogen and oxygen atoms in total. The highest BCUT2D eigenvalue weighted by Gasteiger charge is 2.32. The molecular formula is C27H20N2O. The molecular weight excluding hydrogens is 368 g/mol. The van der Waals surface area contributed by atoms with Crippen LogP contribution in [0.25, 0.3) is 44.2 Å². The summed E-state index contributed by atoms with van der Waals surface area (Å²) in [4.78, 5) is 18.4. The third-order valence-corrected chi connectivity index (χ3v) is 6.13. The highest BCUT2D eigenvalue weighted by atomic mass is 16.2. The average molecular weight is 388 g/mol. The van der Waals surface area contributed by atoms with Gasteiger partial charge < -0.3 is 0 Å². The number of carbonyl (C=O) groups excluding carboxylic acids is 1. The van der Waals surface area contributed by atoms with Crippen molar-refractivity contribution in [2.75, 3.05) is 0 Å². The summed E-state index contributed by atoms with van der Waals surface area (Å²) in [7, 11) is 0. The van der Waals surface area contributed by atoms with Crippen molar-refractivity contribution in [3.8, 4) is 22.4 Å². The molecule has 1 unspecified atom stereocenters. The second-order valence-corrected chi connectivity index (χ2v) is 8.03. The molecule has 0 amide bonds. The van der Waals surface area contributed by atoms with E-state index in [1.165, 1.54) is 0 Å². The van der Waals surface area contributed by atoms with E-state index >= 15 is 0 Å². The lowest BCUT2D eigenvalue weighted by Gasteiger charge is -2.22. The van der Waals surface area contributed by atoms with Crippen LogP contribution >= 0.6 is 0 Å². The number of nitrogens with zero attached hydrogens (tertiary/aromatic N) is 2. The standard InChI is InChI=1S/C27H20N2O/c1-17-16-21-26-24(20-14-8-9-15-22(20)29(26)27(17)30)23(18-10-4-2-5-11-18)25(28-21)19-12-6-3-7-13-19/h2-15,17H,16H2,1H3. The quantitative estimate of drug-likeness (QED) is 0.353. The molecule has 5 aromatic rings. The first kappa shape index (κ1) is 17.2. The molecule has 3 heteroatoms. The Morgan fingerprint density at radius 2 is 1.47 bits per heavy atom. The summed E-state index contributed by atoms with van der Waals surface area (Å²) < 4.78 is 1.91. The van der Waals surface area contributed by atoms with Crippen LogP contribution in [0.4, 0.5) is 0 Å². The summed E-state index contributed by atoms with van der Waals surface area (Å²) in [5, 5.41) is 2.23. The Kier molecular flexibility index (Phi) is 3.66. The monoisotopic (exact) mass is 388 g/mol. The maximum Gasteiger partial charge on any atom is 0.234 e. The molecule has 2 aromatic heterocycles. The van der Waals surface area contributed by atoms with E-state index in [-0.39, 0.29) is 11.8 Å². The predicted molar refractivity (Wildman–Crippen MR) is 122 cm³/mol. The molecule has 1 aliphatic rings. The van der Waals surface area contributed by atoms with Crippen LogP contribution in [-0.2, 0) is 6.42 Å². The van der Waals surface area contributed by atoms with E-state index in [1.54, 1.807) is 0 Å². The Balaban J connectivity index is 1.88. The number of pyridine rings is 1. The van der Waals surface area contributed by atoms with Gasteiger partial charge in [-0.3, -0.25) is 9.36 Å². The van der Waals surface area contributed by atoms with Crippen molar-refractivity contribution in [2.24, 2.45) is 5.92 Å². The molecule has 0 N–H and O–H groups in total. The highest BCUT2D eigenvalue weighted by molar-refractivity contribution is 6.21. The van der Waals surface area contributed by atoms with Crippen LogP contribution in [0.3, 0.4) is 0 Å². The van der Waals surface area contributed by atoms with Crippen molar-refractivity contribution < 1.29 is 4.79 Å². The minimum absolute atomic E-state index is 0.0878. The van der Waals surface area contributed by atoms with Gasteiger partial charge in [-0.1, -0.05) is 85.8 Å². The number of para-hydroxylation sites is 1. The van der Waals surface area contributed by atoms with Gasteiger partial charge in [0.2, 0.25) is 5.91 Å². The molecule has 1 atom stereocenters. The van der Waals surface area contributed by atoms with Crippen LogP contribution in [0.1, 0.15) is 17.4 Å². The topological polar surface area (TPSA) is 34.9 Å². The maximum absolute atomic E-state index is 13.2. The molecule has 6 rings (SSSR count). The van der Waals surface area contributed by atoms with E-state index in [0.717, 1.165) is 49.9 Å². The number of benzene rings is 3. The lowest BCUT2D eigenvalue weighted by atomic mass is 9.91. The summed E-state index contributed by atoms with van der Waals surface area (Å²) in [5.74, 6) is 0.0668. The van der Waals surface area contributed by atoms with Crippen LogP contribution in [0.2, 0.25) is 0 Å². The number of aromatic nitrogens is 2. The molecule has 1 aliphatic heterocycles. The molecule has 0 spiro atoms. The molecule has 0 saturated carbocycles. The normalized spacial score (nSPS) is 15.8. The Morgan fingerprint density at radius 3 is 2.20 bits per heavy atom. The van der Waals surface area contributed by atoms with Gasteiger partial charge in [-0.15, -0.1) is 0 Å². The summed E-state index contributed by atoms with van der Waals surface area (Å²) in [6, 6.07) is 29.0. The Hall–Kier alpha value is -3.72. The SMILES string of the molecule is CC1Cc2nc(-c3ccccc3)c(-c3ccccc3)c3c4ccccc4n(c23)C1=O. The van der Waals surface area contributed by atoms with Gasteiger partial charge in [0.25, 0.3) is 0 Å². The first-order valence-corrected chi connectivity index (χ1v) is 10.3. The number of carbonyl (C=O) groups is 1. The van der Waals surface area contributed by atoms with E-state index in [1.807, 2.05) is 35.8 Å². The molecule has 144 valence electrons. The van der Waals surface area contributed by atoms with Crippen molar-refractivity contribution in [2.45, 2.75) is 13.3 Å². The van der Waals surface area contributed by atoms with Gasteiger partial charge in [-0.2, -0.15) is 0 Å². The van der Waals surface area contributed by atoms with E-state index in [9.17, 15) is 4.79 Å². The van der Waals surface area contributed by atoms with Crippen LogP contribution in [0, 0.1) is 5.92 Å². The number of rotatable bonds is 2. The molecule has 3 aromatic carbocycles. The number of fused-ring (bicyclic) bond motifs is 3. The van der Waals surface area contributed by atoms with Crippen LogP contribution in [0.5, 0.6) is 0 Å². The van der Waals surface area contributed by atoms with Gasteiger partial charge in [0.1, 0.15) is 0 Å². The van der Waals surface area contributed by atoms with Gasteiger partial charge in [-0.25, -0.2) is 4.98 Å². The van der Waals surface area contributed by atoms with Crippen molar-refractivity contribution >= 4 is 27.7 Å². The molecule has 30 heavy (non-hydrogen) atoms. The van der Waals surface area contributed by atoms with Crippen molar-refractivity contribution in [3.63, 3.8) is 0 Å². The Morgan fingerprint density at radius 1 is 0.833 bits per heavy atom. The van der Waals surface area contributed by atoms with E-state index in [4.69, 9.17) is 4.98 Å². The first-order valence-electron chi connectivity index (χ1n) is 10.3. The molecule has 0 fully saturated rings. The molecule has 0 aliphatic carbocycles. The average Bonchev–Trinajstić information content (AvgIpc) is 3.15. The Labute approximate surface area is 174 Å². The van der Waals surface area contributed by atoms with Crippen molar-refractivity contribution in [1.29, 1.82) is 0 Å². The fourth-order valence-electron chi connectivity index (χ4n) is 4.79. The molecule has 0 bridgehead atoms. The van der Waals surface area contributed by atoms with E-state index in [0.29, 0.717) is 6.42 Å². The van der Waals surface area contributed by atoms with E-state index in [2.05, 4.69) is 60.7 Å². The fraction of sp³-hybridized carbons (Fsp3) is 0.111. The van der Waals surface area contributed by atoms with Crippen molar-refractivity contribution in [1.82, 2.24) is 9.55 Å². The van der Waals surface area contributed by atoms with Crippen molar-refractivity contribution in [3.05, 3.63) is 90.6 Å². The summed E-state index contributed by atoms with van der Waals surface area (Å²) in [6.07, 6.45) is 0.667. The molecule has 0 radical (unpaired) electrons. The smallest absolute Gasteiger partial charge is 0.234 e. The number of hydrogen-bond acceptors (Lipinski definition) is 2. The summed E-state index contributed by atoms with van der Waals surface area (Å²) >= 11 is 0. The van der Waals surface area contributed by atoms with Gasteiger partial charge in [0.15, 0.2) is 0 Å². The second-order valence-electron chi connectivity index (χ2n) is 8.03. The zero-order valence-corrected chi connectivity index (χ0v) is 16.7. The van der Waals surface area contributed by atoms with E-state index < -0.39 is 0 Å². The lowest BCUT2D eigenvalue weighted by molar-refractivity contribution is 0.0847. The second kappa shape index (κ2) is 6.39. The minimum Gasteiger partial charge on any atom is -0.278 e. The third-order valence-electron chi connectivity index (χ3n) is 6.13. The van der Waals surface area contributed by atoms with Crippen LogP contribution < -0.4 is 0 Å². The lowest BCUT2D eigenvalue weighted by Crippen LogP contribution is -2.26. The van der Waals surface area contributed by atoms with Gasteiger partial charge in [0, 0.05) is 34.2 Å². The largest absolute Gasteiger partial charge is 0.278 e. The Bertz CT molecular complexity index is 1430. The van der Waals surface area contributed by atoms with Gasteiger partial charge >= 0.3 is 0 Å². The molecule has 3 heterocycles. The zero-order valence-electron chi connectivity index (χ0n) is 16.7. The first-order chi connectivity index (χ1) is 14.7. The summed E-state index contributed by atoms with van der Waals surface area (Å²) in [5.41, 5.74) is 7.23. The highest BCUT2D eigenvalue weighted by Crippen LogP contribution is 2.44. The minimum atomic E-state index is -0.0878. The number of hydrogen-bond donors (Lipinski definition) is 0. The van der Waals surface area contributed by atoms with Gasteiger partial charge in [-0.05, 0) is 11.6 Å². The maximum atomic E-state index is 13.2. The summed E-state index contributed by atoms with van der Waals surface area (Å²) in [6.45, 7) is 2.00.